The summed E-state index contributed by atoms with van der Waals surface area (Å²) >= 11 is 0. The van der Waals surface area contributed by atoms with E-state index in [4.69, 9.17) is 4.74 Å². The number of aromatic nitrogens is 4. The van der Waals surface area contributed by atoms with Gasteiger partial charge in [-0.3, -0.25) is 4.79 Å². The minimum absolute atomic E-state index is 0.348. The Bertz CT molecular complexity index is 939. The summed E-state index contributed by atoms with van der Waals surface area (Å²) in [6, 6.07) is 14.2. The largest absolute Gasteiger partial charge is 0.448 e. The molecule has 3 aromatic rings. The van der Waals surface area contributed by atoms with Gasteiger partial charge in [0.25, 0.3) is 5.91 Å². The molecule has 0 spiro atoms. The normalized spacial score (nSPS) is 16.0. The average Bonchev–Trinajstić information content (AvgIpc) is 3.17. The standard InChI is InChI=1S/C17H13N5O3/c23-16(15-8-11-4-1-2-7-14(11)17(24)25-15)19-12-5-3-6-13(9-12)22-10-18-20-21-22/h1-7,9-10,15H,8H2,(H,19,23). The first-order valence-corrected chi connectivity index (χ1v) is 7.64. The number of cyclic esters (lactones) is 1. The number of rotatable bonds is 3. The van der Waals surface area contributed by atoms with E-state index >= 15 is 0 Å². The molecule has 0 aliphatic carbocycles. The number of carbonyl (C=O) groups excluding carboxylic acids is 2. The molecule has 25 heavy (non-hydrogen) atoms. The van der Waals surface area contributed by atoms with Crippen LogP contribution in [0.15, 0.2) is 54.9 Å². The average molecular weight is 335 g/mol. The number of ether oxygens (including phenoxy) is 1. The summed E-state index contributed by atoms with van der Waals surface area (Å²) in [7, 11) is 0. The molecule has 1 unspecified atom stereocenters. The minimum atomic E-state index is -0.862. The second kappa shape index (κ2) is 6.16. The Labute approximate surface area is 142 Å². The van der Waals surface area contributed by atoms with Crippen LogP contribution < -0.4 is 5.32 Å². The molecule has 0 saturated carbocycles. The van der Waals surface area contributed by atoms with Crippen molar-refractivity contribution in [3.8, 4) is 5.69 Å². The highest BCUT2D eigenvalue weighted by atomic mass is 16.5. The predicted molar refractivity (Wildman–Crippen MR) is 87.1 cm³/mol. The van der Waals surface area contributed by atoms with Crippen molar-refractivity contribution < 1.29 is 14.3 Å². The predicted octanol–water partition coefficient (Wildman–Crippen LogP) is 1.38. The lowest BCUT2D eigenvalue weighted by Crippen LogP contribution is -2.37. The lowest BCUT2D eigenvalue weighted by molar-refractivity contribution is -0.125. The monoisotopic (exact) mass is 335 g/mol. The first-order valence-electron chi connectivity index (χ1n) is 7.64. The van der Waals surface area contributed by atoms with Gasteiger partial charge in [-0.2, -0.15) is 0 Å². The van der Waals surface area contributed by atoms with Crippen LogP contribution in [0.3, 0.4) is 0 Å². The maximum atomic E-state index is 12.5. The number of amides is 1. The summed E-state index contributed by atoms with van der Waals surface area (Å²) in [6.07, 6.45) is 0.945. The van der Waals surface area contributed by atoms with E-state index in [1.165, 1.54) is 11.0 Å². The fourth-order valence-corrected chi connectivity index (χ4v) is 2.71. The number of anilines is 1. The van der Waals surface area contributed by atoms with Gasteiger partial charge >= 0.3 is 5.97 Å². The Hall–Kier alpha value is -3.55. The van der Waals surface area contributed by atoms with Crippen LogP contribution in [0.4, 0.5) is 5.69 Å². The fraction of sp³-hybridized carbons (Fsp3) is 0.118. The number of carbonyl (C=O) groups is 2. The zero-order chi connectivity index (χ0) is 17.2. The van der Waals surface area contributed by atoms with Crippen LogP contribution >= 0.6 is 0 Å². The van der Waals surface area contributed by atoms with Crippen molar-refractivity contribution in [2.24, 2.45) is 0 Å². The SMILES string of the molecule is O=C1OC(C(=O)Nc2cccc(-n3cnnn3)c2)Cc2ccccc21. The summed E-state index contributed by atoms with van der Waals surface area (Å²) in [5, 5.41) is 13.7. The van der Waals surface area contributed by atoms with Gasteiger partial charge in [-0.15, -0.1) is 5.10 Å². The number of nitrogens with one attached hydrogen (secondary N) is 1. The highest BCUT2D eigenvalue weighted by Crippen LogP contribution is 2.22. The van der Waals surface area contributed by atoms with Gasteiger partial charge < -0.3 is 10.1 Å². The molecule has 0 radical (unpaired) electrons. The van der Waals surface area contributed by atoms with Gasteiger partial charge in [-0.25, -0.2) is 9.48 Å². The van der Waals surface area contributed by atoms with Crippen LogP contribution in [0.1, 0.15) is 15.9 Å². The Morgan fingerprint density at radius 2 is 2.08 bits per heavy atom. The quantitative estimate of drug-likeness (QED) is 0.726. The number of nitrogens with zero attached hydrogens (tertiary/aromatic N) is 4. The van der Waals surface area contributed by atoms with E-state index in [0.717, 1.165) is 5.56 Å². The molecule has 1 aliphatic rings. The van der Waals surface area contributed by atoms with Gasteiger partial charge in [-0.05, 0) is 40.3 Å². The van der Waals surface area contributed by atoms with Crippen molar-refractivity contribution >= 4 is 17.6 Å². The van der Waals surface area contributed by atoms with Gasteiger partial charge in [0.15, 0.2) is 6.10 Å². The third-order valence-corrected chi connectivity index (χ3v) is 3.91. The molecule has 0 saturated heterocycles. The molecule has 4 rings (SSSR count). The van der Waals surface area contributed by atoms with Crippen molar-refractivity contribution in [2.75, 3.05) is 5.32 Å². The molecule has 2 aromatic carbocycles. The maximum absolute atomic E-state index is 12.5. The summed E-state index contributed by atoms with van der Waals surface area (Å²) in [6.45, 7) is 0. The molecule has 1 aromatic heterocycles. The molecule has 0 bridgehead atoms. The Kier molecular flexibility index (Phi) is 3.70. The van der Waals surface area contributed by atoms with E-state index < -0.39 is 12.1 Å². The number of fused-ring (bicyclic) bond motifs is 1. The third-order valence-electron chi connectivity index (χ3n) is 3.91. The topological polar surface area (TPSA) is 99.0 Å². The Balaban J connectivity index is 1.52. The van der Waals surface area contributed by atoms with Crippen molar-refractivity contribution in [3.05, 3.63) is 66.0 Å². The zero-order valence-corrected chi connectivity index (χ0v) is 13.0. The van der Waals surface area contributed by atoms with Crippen LogP contribution in [-0.2, 0) is 16.0 Å². The van der Waals surface area contributed by atoms with E-state index in [2.05, 4.69) is 20.8 Å². The number of tetrazole rings is 1. The van der Waals surface area contributed by atoms with Gasteiger partial charge in [0, 0.05) is 12.1 Å². The molecular weight excluding hydrogens is 322 g/mol. The molecule has 124 valence electrons. The van der Waals surface area contributed by atoms with E-state index in [-0.39, 0.29) is 5.91 Å². The number of benzene rings is 2. The van der Waals surface area contributed by atoms with Crippen LogP contribution in [0.25, 0.3) is 5.69 Å². The summed E-state index contributed by atoms with van der Waals surface area (Å²) in [5.74, 6) is -0.860. The summed E-state index contributed by atoms with van der Waals surface area (Å²) < 4.78 is 6.74. The van der Waals surface area contributed by atoms with Crippen molar-refractivity contribution in [2.45, 2.75) is 12.5 Å². The Morgan fingerprint density at radius 1 is 1.20 bits per heavy atom. The molecule has 2 heterocycles. The summed E-state index contributed by atoms with van der Waals surface area (Å²) in [5.41, 5.74) is 2.58. The number of esters is 1. The molecule has 1 amide bonds. The maximum Gasteiger partial charge on any atom is 0.339 e. The van der Waals surface area contributed by atoms with Crippen LogP contribution in [0, 0.1) is 0 Å². The zero-order valence-electron chi connectivity index (χ0n) is 13.0. The molecule has 0 fully saturated rings. The van der Waals surface area contributed by atoms with Gasteiger partial charge in [0.05, 0.1) is 11.3 Å². The third kappa shape index (κ3) is 2.97. The molecular formula is C17H13N5O3. The summed E-state index contributed by atoms with van der Waals surface area (Å²) in [4.78, 5) is 24.5. The molecule has 8 nitrogen and oxygen atoms in total. The van der Waals surface area contributed by atoms with E-state index in [0.29, 0.717) is 23.4 Å². The van der Waals surface area contributed by atoms with Gasteiger partial charge in [-0.1, -0.05) is 24.3 Å². The molecule has 1 N–H and O–H groups in total. The highest BCUT2D eigenvalue weighted by molar-refractivity contribution is 6.00. The van der Waals surface area contributed by atoms with Crippen molar-refractivity contribution in [1.29, 1.82) is 0 Å². The second-order valence-electron chi connectivity index (χ2n) is 5.55. The lowest BCUT2D eigenvalue weighted by atomic mass is 9.98. The van der Waals surface area contributed by atoms with Crippen LogP contribution in [-0.4, -0.2) is 38.2 Å². The first kappa shape index (κ1) is 15.0. The lowest BCUT2D eigenvalue weighted by Gasteiger charge is -2.23. The van der Waals surface area contributed by atoms with Gasteiger partial charge in [0.2, 0.25) is 0 Å². The molecule has 1 aliphatic heterocycles. The first-order chi connectivity index (χ1) is 12.2. The van der Waals surface area contributed by atoms with Crippen molar-refractivity contribution in [1.82, 2.24) is 20.2 Å². The van der Waals surface area contributed by atoms with E-state index in [9.17, 15) is 9.59 Å². The second-order valence-corrected chi connectivity index (χ2v) is 5.55. The van der Waals surface area contributed by atoms with Crippen LogP contribution in [0.2, 0.25) is 0 Å². The fourth-order valence-electron chi connectivity index (χ4n) is 2.71. The number of hydrogen-bond acceptors (Lipinski definition) is 6. The minimum Gasteiger partial charge on any atom is -0.448 e. The van der Waals surface area contributed by atoms with Crippen LogP contribution in [0.5, 0.6) is 0 Å². The molecule has 8 heteroatoms. The van der Waals surface area contributed by atoms with E-state index in [1.807, 2.05) is 18.2 Å². The van der Waals surface area contributed by atoms with Crippen molar-refractivity contribution in [3.63, 3.8) is 0 Å². The smallest absolute Gasteiger partial charge is 0.339 e. The highest BCUT2D eigenvalue weighted by Gasteiger charge is 2.31. The Morgan fingerprint density at radius 3 is 2.92 bits per heavy atom. The molecule has 1 atom stereocenters. The van der Waals surface area contributed by atoms with E-state index in [1.54, 1.807) is 30.3 Å². The number of hydrogen-bond donors (Lipinski definition) is 1. The van der Waals surface area contributed by atoms with Gasteiger partial charge in [0.1, 0.15) is 6.33 Å².